The lowest BCUT2D eigenvalue weighted by atomic mass is 10.3. The Labute approximate surface area is 150 Å². The van der Waals surface area contributed by atoms with Gasteiger partial charge in [0, 0.05) is 11.9 Å². The number of alkyl halides is 6. The van der Waals surface area contributed by atoms with Crippen LogP contribution in [0.2, 0.25) is 5.02 Å². The molecule has 5 nitrogen and oxygen atoms in total. The van der Waals surface area contributed by atoms with Gasteiger partial charge in [-0.15, -0.1) is 13.2 Å². The fourth-order valence-corrected chi connectivity index (χ4v) is 2.86. The first-order valence-electron chi connectivity index (χ1n) is 5.72. The summed E-state index contributed by atoms with van der Waals surface area (Å²) in [4.78, 5) is 12.1. The SMILES string of the molecule is O=c1n(SC(F)(Cl)Cl)cc(O)n1-c1ccc(OC(F)(F)F)c(Cl)c1. The van der Waals surface area contributed by atoms with Crippen LogP contribution in [0.4, 0.5) is 17.6 Å². The smallest absolute Gasteiger partial charge is 0.493 e. The molecule has 24 heavy (non-hydrogen) atoms. The van der Waals surface area contributed by atoms with Crippen molar-refractivity contribution in [1.82, 2.24) is 8.54 Å². The molecule has 1 N–H and O–H groups in total. The molecule has 0 aliphatic heterocycles. The minimum Gasteiger partial charge on any atom is -0.493 e. The Balaban J connectivity index is 2.43. The summed E-state index contributed by atoms with van der Waals surface area (Å²) in [5.41, 5.74) is -1.06. The van der Waals surface area contributed by atoms with E-state index in [1.165, 1.54) is 0 Å². The molecule has 0 bridgehead atoms. The van der Waals surface area contributed by atoms with E-state index in [1.807, 2.05) is 0 Å². The van der Waals surface area contributed by atoms with Crippen LogP contribution in [0.15, 0.2) is 29.2 Å². The molecular weight excluding hydrogens is 423 g/mol. The molecule has 0 fully saturated rings. The van der Waals surface area contributed by atoms with Gasteiger partial charge in [0.15, 0.2) is 0 Å². The van der Waals surface area contributed by atoms with Crippen LogP contribution >= 0.6 is 46.8 Å². The molecule has 0 aliphatic rings. The van der Waals surface area contributed by atoms with E-state index < -0.39 is 32.6 Å². The molecule has 1 aromatic heterocycles. The molecule has 0 saturated carbocycles. The molecule has 0 unspecified atom stereocenters. The normalized spacial score (nSPS) is 12.5. The van der Waals surface area contributed by atoms with Gasteiger partial charge in [-0.3, -0.25) is 0 Å². The van der Waals surface area contributed by atoms with Gasteiger partial charge in [-0.05, 0) is 18.2 Å². The lowest BCUT2D eigenvalue weighted by Gasteiger charge is -2.11. The van der Waals surface area contributed by atoms with Gasteiger partial charge in [0.25, 0.3) is 0 Å². The zero-order valence-electron chi connectivity index (χ0n) is 11.0. The maximum Gasteiger partial charge on any atom is 0.573 e. The van der Waals surface area contributed by atoms with Crippen molar-refractivity contribution in [3.05, 3.63) is 39.9 Å². The first kappa shape index (κ1) is 19.1. The van der Waals surface area contributed by atoms with Crippen molar-refractivity contribution in [2.75, 3.05) is 0 Å². The first-order chi connectivity index (χ1) is 10.9. The lowest BCUT2D eigenvalue weighted by molar-refractivity contribution is -0.274. The predicted octanol–water partition coefficient (Wildman–Crippen LogP) is 4.45. The van der Waals surface area contributed by atoms with Gasteiger partial charge in [0.05, 0.1) is 16.9 Å². The summed E-state index contributed by atoms with van der Waals surface area (Å²) in [6, 6.07) is 2.83. The Bertz CT molecular complexity index is 816. The molecule has 2 rings (SSSR count). The Kier molecular flexibility index (Phi) is 5.24. The van der Waals surface area contributed by atoms with Crippen molar-refractivity contribution in [2.24, 2.45) is 0 Å². The van der Waals surface area contributed by atoms with Crippen molar-refractivity contribution in [1.29, 1.82) is 0 Å². The van der Waals surface area contributed by atoms with Gasteiger partial charge in [-0.1, -0.05) is 34.8 Å². The van der Waals surface area contributed by atoms with E-state index in [-0.39, 0.29) is 17.6 Å². The number of hydrogen-bond donors (Lipinski definition) is 1. The lowest BCUT2D eigenvalue weighted by Crippen LogP contribution is -2.22. The van der Waals surface area contributed by atoms with E-state index in [2.05, 4.69) is 4.74 Å². The van der Waals surface area contributed by atoms with Gasteiger partial charge >= 0.3 is 16.0 Å². The van der Waals surface area contributed by atoms with Gasteiger partial charge in [-0.25, -0.2) is 13.3 Å². The number of ether oxygens (including phenoxy) is 1. The molecule has 1 heterocycles. The summed E-state index contributed by atoms with van der Waals surface area (Å²) in [6.45, 7) is 0. The summed E-state index contributed by atoms with van der Waals surface area (Å²) in [7, 11) is 0. The monoisotopic (exact) mass is 426 g/mol. The molecule has 1 aromatic carbocycles. The Hall–Kier alpha value is -1.23. The van der Waals surface area contributed by atoms with E-state index in [0.29, 0.717) is 8.54 Å². The second-order valence-corrected chi connectivity index (χ2v) is 7.36. The van der Waals surface area contributed by atoms with Crippen LogP contribution in [0.1, 0.15) is 0 Å². The quantitative estimate of drug-likeness (QED) is 0.579. The maximum absolute atomic E-state index is 13.2. The van der Waals surface area contributed by atoms with Crippen LogP contribution in [-0.2, 0) is 0 Å². The molecule has 132 valence electrons. The number of halogens is 7. The number of benzene rings is 1. The number of imidazole rings is 1. The minimum absolute atomic E-state index is 0.0533. The molecular formula is C11H5Cl3F4N2O3S. The van der Waals surface area contributed by atoms with Crippen molar-refractivity contribution >= 4 is 46.8 Å². The highest BCUT2D eigenvalue weighted by molar-refractivity contribution is 8.01. The average molecular weight is 428 g/mol. The van der Waals surface area contributed by atoms with Crippen LogP contribution in [0, 0.1) is 0 Å². The van der Waals surface area contributed by atoms with Crippen LogP contribution in [0.3, 0.4) is 0 Å². The van der Waals surface area contributed by atoms with Crippen LogP contribution in [0.5, 0.6) is 11.6 Å². The highest BCUT2D eigenvalue weighted by atomic mass is 35.5. The fourth-order valence-electron chi connectivity index (χ4n) is 1.67. The van der Waals surface area contributed by atoms with Crippen molar-refractivity contribution in [2.45, 2.75) is 10.3 Å². The van der Waals surface area contributed by atoms with E-state index in [0.717, 1.165) is 24.4 Å². The molecule has 0 spiro atoms. The van der Waals surface area contributed by atoms with E-state index in [4.69, 9.17) is 34.8 Å². The van der Waals surface area contributed by atoms with Crippen LogP contribution in [0.25, 0.3) is 5.69 Å². The number of nitrogens with zero attached hydrogens (tertiary/aromatic N) is 2. The Morgan fingerprint density at radius 1 is 1.21 bits per heavy atom. The summed E-state index contributed by atoms with van der Waals surface area (Å²) in [6.07, 6.45) is -4.13. The molecule has 0 radical (unpaired) electrons. The molecule has 0 atom stereocenters. The minimum atomic E-state index is -4.95. The predicted molar refractivity (Wildman–Crippen MR) is 81.9 cm³/mol. The zero-order valence-corrected chi connectivity index (χ0v) is 14.1. The summed E-state index contributed by atoms with van der Waals surface area (Å²) < 4.78 is 51.8. The zero-order chi connectivity index (χ0) is 18.3. The highest BCUT2D eigenvalue weighted by Crippen LogP contribution is 2.37. The molecule has 0 amide bonds. The number of aromatic nitrogens is 2. The molecule has 2 aromatic rings. The summed E-state index contributed by atoms with van der Waals surface area (Å²) in [5, 5.41) is 9.31. The van der Waals surface area contributed by atoms with Gasteiger partial charge in [0.1, 0.15) is 5.75 Å². The topological polar surface area (TPSA) is 56.4 Å². The third-order valence-corrected chi connectivity index (χ3v) is 3.82. The first-order valence-corrected chi connectivity index (χ1v) is 7.63. The Morgan fingerprint density at radius 3 is 2.33 bits per heavy atom. The van der Waals surface area contributed by atoms with E-state index in [1.54, 1.807) is 0 Å². The second kappa shape index (κ2) is 6.58. The summed E-state index contributed by atoms with van der Waals surface area (Å²) in [5.74, 6) is -1.34. The van der Waals surface area contributed by atoms with Gasteiger partial charge in [0.2, 0.25) is 5.88 Å². The fraction of sp³-hybridized carbons (Fsp3) is 0.182. The number of hydrogen-bond acceptors (Lipinski definition) is 4. The van der Waals surface area contributed by atoms with E-state index >= 15 is 0 Å². The second-order valence-electron chi connectivity index (χ2n) is 4.13. The van der Waals surface area contributed by atoms with Crippen molar-refractivity contribution < 1.29 is 27.4 Å². The van der Waals surface area contributed by atoms with Crippen LogP contribution < -0.4 is 10.4 Å². The van der Waals surface area contributed by atoms with Crippen LogP contribution in [-0.4, -0.2) is 23.9 Å². The average Bonchev–Trinajstić information content (AvgIpc) is 2.63. The third-order valence-electron chi connectivity index (χ3n) is 2.44. The van der Waals surface area contributed by atoms with Crippen molar-refractivity contribution in [3.63, 3.8) is 0 Å². The number of aromatic hydroxyl groups is 1. The standard InChI is InChI=1S/C11H5Cl3F4N2O3S/c12-6-3-5(1-2-7(6)23-11(16,17)18)20-8(21)4-19(9(20)22)24-10(13,14)15/h1-4,21H. The summed E-state index contributed by atoms with van der Waals surface area (Å²) >= 11 is 16.0. The largest absolute Gasteiger partial charge is 0.573 e. The highest BCUT2D eigenvalue weighted by Gasteiger charge is 2.32. The third kappa shape index (κ3) is 4.65. The van der Waals surface area contributed by atoms with Gasteiger partial charge < -0.3 is 9.84 Å². The molecule has 13 heteroatoms. The Morgan fingerprint density at radius 2 is 1.83 bits per heavy atom. The number of rotatable bonds is 4. The maximum atomic E-state index is 13.2. The van der Waals surface area contributed by atoms with Gasteiger partial charge in [-0.2, -0.15) is 4.39 Å². The molecule has 0 aliphatic carbocycles. The molecule has 0 saturated heterocycles. The van der Waals surface area contributed by atoms with E-state index in [9.17, 15) is 27.5 Å². The van der Waals surface area contributed by atoms with Crippen molar-refractivity contribution in [3.8, 4) is 17.3 Å².